The van der Waals surface area contributed by atoms with Crippen LogP contribution in [0.3, 0.4) is 0 Å². The Hall–Kier alpha value is -3.14. The zero-order valence-electron chi connectivity index (χ0n) is 15.2. The molecule has 0 bridgehead atoms. The van der Waals surface area contributed by atoms with Crippen molar-refractivity contribution in [3.05, 3.63) is 77.9 Å². The molecule has 1 N–H and O–H groups in total. The number of hydrazone groups is 1. The van der Waals surface area contributed by atoms with Gasteiger partial charge in [0, 0.05) is 0 Å². The lowest BCUT2D eigenvalue weighted by Crippen LogP contribution is -2.33. The summed E-state index contributed by atoms with van der Waals surface area (Å²) in [4.78, 5) is 12.3. The highest BCUT2D eigenvalue weighted by atomic mass is 16.5. The van der Waals surface area contributed by atoms with E-state index in [0.29, 0.717) is 5.75 Å². The number of carbonyl (C=O) groups excluding carboxylic acids is 1. The van der Waals surface area contributed by atoms with E-state index in [1.54, 1.807) is 6.92 Å². The van der Waals surface area contributed by atoms with Gasteiger partial charge >= 0.3 is 0 Å². The molecule has 0 aliphatic heterocycles. The highest BCUT2D eigenvalue weighted by molar-refractivity contribution is 5.99. The first-order valence-electron chi connectivity index (χ1n) is 8.59. The zero-order chi connectivity index (χ0) is 18.5. The van der Waals surface area contributed by atoms with E-state index in [-0.39, 0.29) is 5.91 Å². The molecule has 4 heteroatoms. The van der Waals surface area contributed by atoms with Gasteiger partial charge in [0.2, 0.25) is 0 Å². The Kier molecular flexibility index (Phi) is 5.32. The molecule has 0 saturated heterocycles. The number of aryl methyl sites for hydroxylation is 1. The van der Waals surface area contributed by atoms with Crippen LogP contribution in [0.1, 0.15) is 25.0 Å². The second-order valence-electron chi connectivity index (χ2n) is 6.31. The summed E-state index contributed by atoms with van der Waals surface area (Å²) in [5, 5.41) is 6.38. The lowest BCUT2D eigenvalue weighted by Gasteiger charge is -2.14. The number of nitrogens with one attached hydrogen (secondary N) is 1. The van der Waals surface area contributed by atoms with Crippen molar-refractivity contribution in [3.8, 4) is 5.75 Å². The van der Waals surface area contributed by atoms with Gasteiger partial charge in [-0.25, -0.2) is 5.43 Å². The maximum absolute atomic E-state index is 12.3. The molecule has 3 aromatic rings. The molecule has 1 amide bonds. The summed E-state index contributed by atoms with van der Waals surface area (Å²) in [7, 11) is 0. The Balaban J connectivity index is 1.63. The highest BCUT2D eigenvalue weighted by Gasteiger charge is 2.14. The summed E-state index contributed by atoms with van der Waals surface area (Å²) in [6.45, 7) is 5.60. The van der Waals surface area contributed by atoms with Crippen molar-refractivity contribution in [1.29, 1.82) is 0 Å². The fourth-order valence-electron chi connectivity index (χ4n) is 2.59. The van der Waals surface area contributed by atoms with Crippen molar-refractivity contribution in [2.45, 2.75) is 26.9 Å². The summed E-state index contributed by atoms with van der Waals surface area (Å²) in [6, 6.07) is 21.8. The van der Waals surface area contributed by atoms with Crippen LogP contribution in [0.4, 0.5) is 0 Å². The summed E-state index contributed by atoms with van der Waals surface area (Å²) >= 11 is 0. The molecule has 1 atom stereocenters. The smallest absolute Gasteiger partial charge is 0.280 e. The number of carbonyl (C=O) groups is 1. The molecule has 3 aromatic carbocycles. The molecule has 0 aliphatic rings. The third-order valence-electron chi connectivity index (χ3n) is 4.21. The van der Waals surface area contributed by atoms with Gasteiger partial charge < -0.3 is 4.74 Å². The maximum atomic E-state index is 12.3. The first-order valence-corrected chi connectivity index (χ1v) is 8.59. The van der Waals surface area contributed by atoms with Crippen LogP contribution in [0.2, 0.25) is 0 Å². The molecular formula is C22H22N2O2. The SMILES string of the molecule is CC(=NNC(=O)C(C)Oc1ccc2ccccc2c1)c1ccc(C)cc1. The molecule has 0 radical (unpaired) electrons. The van der Waals surface area contributed by atoms with Gasteiger partial charge in [-0.1, -0.05) is 60.2 Å². The van der Waals surface area contributed by atoms with Gasteiger partial charge in [-0.3, -0.25) is 4.79 Å². The quantitative estimate of drug-likeness (QED) is 0.548. The van der Waals surface area contributed by atoms with Crippen LogP contribution in [-0.4, -0.2) is 17.7 Å². The van der Waals surface area contributed by atoms with E-state index in [1.165, 1.54) is 5.56 Å². The van der Waals surface area contributed by atoms with Crippen LogP contribution in [0, 0.1) is 6.92 Å². The topological polar surface area (TPSA) is 50.7 Å². The number of ether oxygens (including phenoxy) is 1. The lowest BCUT2D eigenvalue weighted by molar-refractivity contribution is -0.127. The Morgan fingerprint density at radius 1 is 1.00 bits per heavy atom. The molecule has 3 rings (SSSR count). The summed E-state index contributed by atoms with van der Waals surface area (Å²) in [5.41, 5.74) is 5.48. The molecule has 0 fully saturated rings. The standard InChI is InChI=1S/C22H22N2O2/c1-15-8-10-18(11-9-15)16(2)23-24-22(25)17(3)26-21-13-12-19-6-4-5-7-20(19)14-21/h4-14,17H,1-3H3,(H,24,25). The van der Waals surface area contributed by atoms with Gasteiger partial charge in [-0.05, 0) is 49.2 Å². The summed E-state index contributed by atoms with van der Waals surface area (Å²) < 4.78 is 5.76. The molecule has 0 aliphatic carbocycles. The van der Waals surface area contributed by atoms with Gasteiger partial charge in [0.15, 0.2) is 6.10 Å². The second kappa shape index (κ2) is 7.83. The number of benzene rings is 3. The van der Waals surface area contributed by atoms with Crippen LogP contribution in [-0.2, 0) is 4.79 Å². The first kappa shape index (κ1) is 17.7. The maximum Gasteiger partial charge on any atom is 0.280 e. The zero-order valence-corrected chi connectivity index (χ0v) is 15.2. The highest BCUT2D eigenvalue weighted by Crippen LogP contribution is 2.21. The monoisotopic (exact) mass is 346 g/mol. The van der Waals surface area contributed by atoms with Gasteiger partial charge in [-0.15, -0.1) is 0 Å². The largest absolute Gasteiger partial charge is 0.481 e. The van der Waals surface area contributed by atoms with Crippen LogP contribution in [0.5, 0.6) is 5.75 Å². The number of hydrogen-bond donors (Lipinski definition) is 1. The van der Waals surface area contributed by atoms with E-state index in [4.69, 9.17) is 4.74 Å². The fraction of sp³-hybridized carbons (Fsp3) is 0.182. The van der Waals surface area contributed by atoms with Crippen molar-refractivity contribution in [3.63, 3.8) is 0 Å². The minimum Gasteiger partial charge on any atom is -0.481 e. The van der Waals surface area contributed by atoms with Crippen molar-refractivity contribution >= 4 is 22.4 Å². The van der Waals surface area contributed by atoms with Crippen molar-refractivity contribution in [2.24, 2.45) is 5.10 Å². The van der Waals surface area contributed by atoms with E-state index in [9.17, 15) is 4.79 Å². The third-order valence-corrected chi connectivity index (χ3v) is 4.21. The predicted molar refractivity (Wildman–Crippen MR) is 106 cm³/mol. The average Bonchev–Trinajstić information content (AvgIpc) is 2.66. The lowest BCUT2D eigenvalue weighted by atomic mass is 10.1. The minimum atomic E-state index is -0.647. The van der Waals surface area contributed by atoms with Crippen molar-refractivity contribution in [1.82, 2.24) is 5.43 Å². The van der Waals surface area contributed by atoms with E-state index in [2.05, 4.69) is 10.5 Å². The van der Waals surface area contributed by atoms with Gasteiger partial charge in [-0.2, -0.15) is 5.10 Å². The van der Waals surface area contributed by atoms with Crippen LogP contribution < -0.4 is 10.2 Å². The van der Waals surface area contributed by atoms with Gasteiger partial charge in [0.25, 0.3) is 5.91 Å². The van der Waals surface area contributed by atoms with Crippen LogP contribution >= 0.6 is 0 Å². The molecule has 0 heterocycles. The number of nitrogens with zero attached hydrogens (tertiary/aromatic N) is 1. The predicted octanol–water partition coefficient (Wildman–Crippen LogP) is 4.46. The Labute approximate surface area is 153 Å². The number of fused-ring (bicyclic) bond motifs is 1. The van der Waals surface area contributed by atoms with E-state index < -0.39 is 6.10 Å². The molecule has 4 nitrogen and oxygen atoms in total. The first-order chi connectivity index (χ1) is 12.5. The molecule has 0 spiro atoms. The minimum absolute atomic E-state index is 0.287. The molecule has 132 valence electrons. The molecule has 26 heavy (non-hydrogen) atoms. The van der Waals surface area contributed by atoms with E-state index in [1.807, 2.05) is 80.6 Å². The Bertz CT molecular complexity index is 946. The molecule has 1 unspecified atom stereocenters. The molecular weight excluding hydrogens is 324 g/mol. The Morgan fingerprint density at radius 2 is 1.69 bits per heavy atom. The number of hydrogen-bond acceptors (Lipinski definition) is 3. The summed E-state index contributed by atoms with van der Waals surface area (Å²) in [6.07, 6.45) is -0.647. The average molecular weight is 346 g/mol. The van der Waals surface area contributed by atoms with Gasteiger partial charge in [0.1, 0.15) is 5.75 Å². The number of rotatable bonds is 5. The molecule has 0 aromatic heterocycles. The fourth-order valence-corrected chi connectivity index (χ4v) is 2.59. The number of amides is 1. The summed E-state index contributed by atoms with van der Waals surface area (Å²) in [5.74, 6) is 0.371. The molecule has 0 saturated carbocycles. The van der Waals surface area contributed by atoms with E-state index in [0.717, 1.165) is 22.0 Å². The van der Waals surface area contributed by atoms with Crippen molar-refractivity contribution in [2.75, 3.05) is 0 Å². The van der Waals surface area contributed by atoms with Crippen LogP contribution in [0.15, 0.2) is 71.8 Å². The van der Waals surface area contributed by atoms with Crippen LogP contribution in [0.25, 0.3) is 10.8 Å². The normalized spacial score (nSPS) is 12.7. The third kappa shape index (κ3) is 4.28. The van der Waals surface area contributed by atoms with E-state index >= 15 is 0 Å². The second-order valence-corrected chi connectivity index (χ2v) is 6.31. The Morgan fingerprint density at radius 3 is 2.42 bits per heavy atom. The van der Waals surface area contributed by atoms with Crippen molar-refractivity contribution < 1.29 is 9.53 Å². The van der Waals surface area contributed by atoms with Gasteiger partial charge in [0.05, 0.1) is 5.71 Å².